The van der Waals surface area contributed by atoms with Crippen molar-refractivity contribution < 1.29 is 61.5 Å². The maximum Gasteiger partial charge on any atom is 0.472 e. The number of rotatable bonds is 43. The van der Waals surface area contributed by atoms with Crippen molar-refractivity contribution in [3.05, 3.63) is 71.3 Å². The van der Waals surface area contributed by atoms with Crippen LogP contribution in [0.2, 0.25) is 0 Å². The summed E-state index contributed by atoms with van der Waals surface area (Å²) in [4.78, 5) is 47.5. The van der Waals surface area contributed by atoms with Crippen molar-refractivity contribution in [3.63, 3.8) is 0 Å². The summed E-state index contributed by atoms with van der Waals surface area (Å²) in [7, 11) is 1.15. The van der Waals surface area contributed by atoms with Crippen molar-refractivity contribution >= 4 is 37.5 Å². The van der Waals surface area contributed by atoms with Crippen LogP contribution in [0.25, 0.3) is 0 Å². The number of quaternary nitrogens is 1. The molecule has 0 bridgehead atoms. The molecule has 1 unspecified atom stereocenters. The maximum atomic E-state index is 13.3. The van der Waals surface area contributed by atoms with E-state index in [4.69, 9.17) is 33.8 Å². The third-order valence-electron chi connectivity index (χ3n) is 11.6. The first-order chi connectivity index (χ1) is 32.9. The van der Waals surface area contributed by atoms with Crippen LogP contribution in [0, 0.1) is 13.8 Å². The van der Waals surface area contributed by atoms with E-state index in [1.807, 2.05) is 45.4 Å². The quantitative estimate of drug-likeness (QED) is 0.0120. The van der Waals surface area contributed by atoms with Crippen molar-refractivity contribution in [1.29, 1.82) is 0 Å². The van der Waals surface area contributed by atoms with E-state index in [0.717, 1.165) is 82.1 Å². The fraction of sp³-hybridized carbons (Fsp3) is 0.717. The number of carboxylic acids is 1. The lowest BCUT2D eigenvalue weighted by Crippen LogP contribution is -2.40. The molecule has 0 saturated carbocycles. The number of carboxylic acid groups (broad SMARTS) is 1. The number of hydrogen-bond donors (Lipinski definition) is 4. The molecule has 0 amide bonds. The fourth-order valence-electron chi connectivity index (χ4n) is 7.09. The Morgan fingerprint density at radius 1 is 0.768 bits per heavy atom. The minimum Gasteiger partial charge on any atom is -0.481 e. The second-order valence-electron chi connectivity index (χ2n) is 19.0. The first-order valence-corrected chi connectivity index (χ1v) is 28.2. The normalized spacial score (nSPS) is 15.0. The number of aryl methyl sites for hydroxylation is 2. The summed E-state index contributed by atoms with van der Waals surface area (Å²) in [5, 5.41) is 19.6. The van der Waals surface area contributed by atoms with Crippen LogP contribution in [0.1, 0.15) is 165 Å². The lowest BCUT2D eigenvalue weighted by atomic mass is 10.0. The van der Waals surface area contributed by atoms with Gasteiger partial charge in [0.15, 0.2) is 6.10 Å². The lowest BCUT2D eigenvalue weighted by Gasteiger charge is -2.25. The number of phosphoric acid groups is 1. The zero-order chi connectivity index (χ0) is 51.3. The zero-order valence-electron chi connectivity index (χ0n) is 43.4. The number of furan rings is 1. The average Bonchev–Trinajstić information content (AvgIpc) is 3.56. The number of aliphatic hydroxyl groups is 1. The molecule has 0 spiro atoms. The van der Waals surface area contributed by atoms with Crippen molar-refractivity contribution in [2.45, 2.75) is 192 Å². The number of phosphoric ester groups is 1. The summed E-state index contributed by atoms with van der Waals surface area (Å²) in [6, 6.07) is -1.19. The van der Waals surface area contributed by atoms with E-state index in [-0.39, 0.29) is 38.0 Å². The number of allylic oxidation sites excluding steroid dienone is 7. The molecule has 1 aromatic rings. The van der Waals surface area contributed by atoms with Gasteiger partial charge in [0, 0.05) is 36.7 Å². The Morgan fingerprint density at radius 2 is 1.38 bits per heavy atom. The second kappa shape index (κ2) is 38.6. The van der Waals surface area contributed by atoms with Gasteiger partial charge in [0.05, 0.1) is 33.9 Å². The topological polar surface area (TPSA) is 205 Å². The Balaban J connectivity index is 2.73. The van der Waals surface area contributed by atoms with E-state index in [2.05, 4.69) is 39.8 Å². The Labute approximate surface area is 420 Å². The molecule has 1 aromatic heterocycles. The number of aliphatic carboxylic acids is 1. The van der Waals surface area contributed by atoms with Gasteiger partial charge in [-0.2, -0.15) is 0 Å². The first-order valence-electron chi connectivity index (χ1n) is 25.7. The number of carbonyl (C=O) groups is 3. The van der Waals surface area contributed by atoms with E-state index < -0.39 is 62.4 Å². The summed E-state index contributed by atoms with van der Waals surface area (Å²) in [6.07, 6.45) is 33.1. The van der Waals surface area contributed by atoms with E-state index in [1.165, 1.54) is 61.4 Å². The molecule has 0 aliphatic carbocycles. The standard InChI is InChI=1S/C53H91N2O12PS/c1-8-10-12-13-14-15-16-17-18-22-25-29-35-50(47(56)32-31-36-51(57)58)69-42-46(54)53(60)66-45(41-65-68(61,62)64-39-38-55(5,6)7)40-63-52(59)37-30-26-23-20-19-21-24-28-34-49-44(4)43(3)48(67-49)33-27-11-9-2/h14-15,17-18,22,25,29,35,45-47,50,56H,8-13,16,19-21,23-24,26-28,30-34,36-42,54H2,1-7H3,(H-,57,58,61,62)/p+1/b15-14-,18-17-,25-22+,35-29+/t45-,46+,47+,50-/m1/s1. The highest BCUT2D eigenvalue weighted by Crippen LogP contribution is 2.43. The van der Waals surface area contributed by atoms with Crippen molar-refractivity contribution in [2.24, 2.45) is 5.73 Å². The van der Waals surface area contributed by atoms with Gasteiger partial charge in [-0.05, 0) is 76.3 Å². The molecule has 5 atom stereocenters. The van der Waals surface area contributed by atoms with Crippen molar-refractivity contribution in [3.8, 4) is 0 Å². The minimum atomic E-state index is -4.55. The van der Waals surface area contributed by atoms with Crippen LogP contribution < -0.4 is 5.73 Å². The van der Waals surface area contributed by atoms with Crippen LogP contribution in [0.5, 0.6) is 0 Å². The van der Waals surface area contributed by atoms with Gasteiger partial charge in [-0.3, -0.25) is 23.4 Å². The molecule has 0 fully saturated rings. The Bertz CT molecular complexity index is 1720. The molecule has 0 aliphatic rings. The van der Waals surface area contributed by atoms with Gasteiger partial charge in [0.2, 0.25) is 0 Å². The summed E-state index contributed by atoms with van der Waals surface area (Å²) >= 11 is 1.21. The van der Waals surface area contributed by atoms with Gasteiger partial charge >= 0.3 is 25.7 Å². The van der Waals surface area contributed by atoms with Crippen LogP contribution in [0.3, 0.4) is 0 Å². The number of esters is 2. The first kappa shape index (κ1) is 64.0. The average molecular weight is 1010 g/mol. The van der Waals surface area contributed by atoms with Crippen LogP contribution in [-0.4, -0.2) is 114 Å². The van der Waals surface area contributed by atoms with Gasteiger partial charge in [0.1, 0.15) is 37.3 Å². The highest BCUT2D eigenvalue weighted by molar-refractivity contribution is 8.00. The molecule has 396 valence electrons. The third kappa shape index (κ3) is 34.1. The number of nitrogens with zero attached hydrogens (tertiary/aromatic N) is 1. The Morgan fingerprint density at radius 3 is 2.01 bits per heavy atom. The zero-order valence-corrected chi connectivity index (χ0v) is 45.1. The van der Waals surface area contributed by atoms with E-state index in [1.54, 1.807) is 12.2 Å². The highest BCUT2D eigenvalue weighted by Gasteiger charge is 2.29. The summed E-state index contributed by atoms with van der Waals surface area (Å²) in [5.41, 5.74) is 8.88. The van der Waals surface area contributed by atoms with Crippen molar-refractivity contribution in [1.82, 2.24) is 0 Å². The smallest absolute Gasteiger partial charge is 0.472 e. The summed E-state index contributed by atoms with van der Waals surface area (Å²) in [5.74, 6) is -0.0140. The number of unbranched alkanes of at least 4 members (excludes halogenated alkanes) is 12. The fourth-order valence-corrected chi connectivity index (χ4v) is 8.95. The third-order valence-corrected chi connectivity index (χ3v) is 14.0. The molecule has 0 radical (unpaired) electrons. The Kier molecular flexibility index (Phi) is 35.8. The van der Waals surface area contributed by atoms with Crippen LogP contribution in [0.4, 0.5) is 0 Å². The number of ether oxygens (including phenoxy) is 2. The molecule has 5 N–H and O–H groups in total. The van der Waals surface area contributed by atoms with E-state index >= 15 is 0 Å². The molecule has 16 heteroatoms. The SMILES string of the molecule is CCCCC/C=C\C\C=C/C=C/C=C/[C@@H](SC[C@H](N)C(=O)O[C@H](COC(=O)CCCCCCCCCCc1oc(CCCCC)c(C)c1C)COP(=O)(O)OCC[N+](C)(C)C)[C@@H](O)CCCC(=O)O. The van der Waals surface area contributed by atoms with Gasteiger partial charge in [-0.1, -0.05) is 127 Å². The minimum absolute atomic E-state index is 0.0163. The van der Waals surface area contributed by atoms with E-state index in [0.29, 0.717) is 17.4 Å². The highest BCUT2D eigenvalue weighted by atomic mass is 32.2. The number of thioether (sulfide) groups is 1. The molecule has 1 heterocycles. The van der Waals surface area contributed by atoms with Gasteiger partial charge < -0.3 is 39.2 Å². The largest absolute Gasteiger partial charge is 0.481 e. The number of carbonyl (C=O) groups excluding carboxylic acids is 2. The Hall–Kier alpha value is -3.01. The summed E-state index contributed by atoms with van der Waals surface area (Å²) in [6.45, 7) is 8.08. The number of hydrogen-bond acceptors (Lipinski definition) is 12. The van der Waals surface area contributed by atoms with Gasteiger partial charge in [-0.15, -0.1) is 11.8 Å². The van der Waals surface area contributed by atoms with Gasteiger partial charge in [-0.25, -0.2) is 4.57 Å². The predicted molar refractivity (Wildman–Crippen MR) is 279 cm³/mol. The molecule has 1 rings (SSSR count). The molecule has 14 nitrogen and oxygen atoms in total. The molecule has 69 heavy (non-hydrogen) atoms. The number of aliphatic hydroxyl groups excluding tert-OH is 1. The molecule has 0 saturated heterocycles. The molecular weight excluding hydrogens is 920 g/mol. The summed E-state index contributed by atoms with van der Waals surface area (Å²) < 4.78 is 40.8. The van der Waals surface area contributed by atoms with Crippen LogP contribution in [-0.2, 0) is 50.3 Å². The number of likely N-dealkylation sites (N-methyl/N-ethyl adjacent to an activating group) is 1. The second-order valence-corrected chi connectivity index (χ2v) is 21.7. The monoisotopic (exact) mass is 1010 g/mol. The van der Waals surface area contributed by atoms with Crippen molar-refractivity contribution in [2.75, 3.05) is 53.3 Å². The van der Waals surface area contributed by atoms with Gasteiger partial charge in [0.25, 0.3) is 0 Å². The predicted octanol–water partition coefficient (Wildman–Crippen LogP) is 11.2. The number of nitrogens with two attached hydrogens (primary N) is 1. The van der Waals surface area contributed by atoms with Crippen LogP contribution >= 0.6 is 19.6 Å². The lowest BCUT2D eigenvalue weighted by molar-refractivity contribution is -0.870. The molecule has 0 aliphatic heterocycles. The van der Waals surface area contributed by atoms with Crippen LogP contribution in [0.15, 0.2) is 53.0 Å². The molecule has 0 aromatic carbocycles. The molecular formula is C53H92N2O12PS+. The maximum absolute atomic E-state index is 13.3. The van der Waals surface area contributed by atoms with E-state index in [9.17, 15) is 28.9 Å².